The standard InChI is InChI=1S/C18H29N3O2/c1-14-12-20(13-15-6-8-16(19-5)9-7-15)10-11-21(14)17(22)23-18(2,3)4/h6-9,14,19H,10-13H2,1-5H3/t14-/m1/s1. The molecule has 0 bridgehead atoms. The number of piperazine rings is 1. The number of ether oxygens (including phenoxy) is 1. The van der Waals surface area contributed by atoms with Gasteiger partial charge in [0.1, 0.15) is 5.60 Å². The van der Waals surface area contributed by atoms with E-state index in [-0.39, 0.29) is 12.1 Å². The van der Waals surface area contributed by atoms with E-state index in [1.807, 2.05) is 32.7 Å². The average molecular weight is 319 g/mol. The summed E-state index contributed by atoms with van der Waals surface area (Å²) in [5, 5.41) is 3.13. The molecule has 1 aliphatic heterocycles. The van der Waals surface area contributed by atoms with Crippen molar-refractivity contribution in [2.45, 2.75) is 45.9 Å². The highest BCUT2D eigenvalue weighted by molar-refractivity contribution is 5.68. The molecule has 2 rings (SSSR count). The summed E-state index contributed by atoms with van der Waals surface area (Å²) in [5.74, 6) is 0. The fourth-order valence-electron chi connectivity index (χ4n) is 2.80. The van der Waals surface area contributed by atoms with Gasteiger partial charge in [0.25, 0.3) is 0 Å². The quantitative estimate of drug-likeness (QED) is 0.929. The number of hydrogen-bond acceptors (Lipinski definition) is 4. The lowest BCUT2D eigenvalue weighted by Gasteiger charge is -2.40. The molecule has 1 fully saturated rings. The van der Waals surface area contributed by atoms with E-state index in [0.29, 0.717) is 6.54 Å². The third-order valence-electron chi connectivity index (χ3n) is 3.99. The fourth-order valence-corrected chi connectivity index (χ4v) is 2.80. The predicted molar refractivity (Wildman–Crippen MR) is 93.7 cm³/mol. The molecule has 1 aromatic carbocycles. The number of nitrogens with one attached hydrogen (secondary N) is 1. The van der Waals surface area contributed by atoms with Gasteiger partial charge < -0.3 is 15.0 Å². The van der Waals surface area contributed by atoms with Crippen LogP contribution in [0.5, 0.6) is 0 Å². The molecule has 23 heavy (non-hydrogen) atoms. The zero-order valence-corrected chi connectivity index (χ0v) is 14.9. The molecule has 0 saturated carbocycles. The Labute approximate surface area is 139 Å². The van der Waals surface area contributed by atoms with E-state index in [4.69, 9.17) is 4.74 Å². The minimum Gasteiger partial charge on any atom is -0.444 e. The van der Waals surface area contributed by atoms with Crippen molar-refractivity contribution in [1.29, 1.82) is 0 Å². The van der Waals surface area contributed by atoms with Crippen LogP contribution in [0.25, 0.3) is 0 Å². The number of rotatable bonds is 3. The van der Waals surface area contributed by atoms with E-state index in [0.717, 1.165) is 25.3 Å². The molecule has 5 heteroatoms. The molecular formula is C18H29N3O2. The molecule has 1 amide bonds. The smallest absolute Gasteiger partial charge is 0.410 e. The molecule has 1 aliphatic rings. The molecule has 5 nitrogen and oxygen atoms in total. The maximum atomic E-state index is 12.2. The maximum Gasteiger partial charge on any atom is 0.410 e. The van der Waals surface area contributed by atoms with Crippen molar-refractivity contribution < 1.29 is 9.53 Å². The van der Waals surface area contributed by atoms with Crippen molar-refractivity contribution >= 4 is 11.8 Å². The molecule has 0 aromatic heterocycles. The van der Waals surface area contributed by atoms with E-state index in [2.05, 4.69) is 41.4 Å². The minimum absolute atomic E-state index is 0.162. The number of amides is 1. The normalized spacial score (nSPS) is 19.5. The highest BCUT2D eigenvalue weighted by atomic mass is 16.6. The summed E-state index contributed by atoms with van der Waals surface area (Å²) in [5.41, 5.74) is 1.97. The lowest BCUT2D eigenvalue weighted by molar-refractivity contribution is 0.000563. The highest BCUT2D eigenvalue weighted by Crippen LogP contribution is 2.18. The predicted octanol–water partition coefficient (Wildman–Crippen LogP) is 3.17. The first-order valence-electron chi connectivity index (χ1n) is 8.27. The Morgan fingerprint density at radius 2 is 1.91 bits per heavy atom. The van der Waals surface area contributed by atoms with Crippen molar-refractivity contribution in [3.63, 3.8) is 0 Å². The molecule has 128 valence electrons. The Balaban J connectivity index is 1.89. The molecule has 1 saturated heterocycles. The van der Waals surface area contributed by atoms with Crippen LogP contribution in [0.3, 0.4) is 0 Å². The highest BCUT2D eigenvalue weighted by Gasteiger charge is 2.30. The lowest BCUT2D eigenvalue weighted by atomic mass is 10.1. The topological polar surface area (TPSA) is 44.8 Å². The number of carbonyl (C=O) groups excluding carboxylic acids is 1. The van der Waals surface area contributed by atoms with Gasteiger partial charge in [-0.15, -0.1) is 0 Å². The first-order valence-corrected chi connectivity index (χ1v) is 8.27. The van der Waals surface area contributed by atoms with Gasteiger partial charge in [0.2, 0.25) is 0 Å². The van der Waals surface area contributed by atoms with E-state index in [9.17, 15) is 4.79 Å². The Bertz CT molecular complexity index is 522. The molecule has 0 radical (unpaired) electrons. The third kappa shape index (κ3) is 5.13. The number of anilines is 1. The Morgan fingerprint density at radius 3 is 2.43 bits per heavy atom. The van der Waals surface area contributed by atoms with Gasteiger partial charge in [0.05, 0.1) is 0 Å². The summed E-state index contributed by atoms with van der Waals surface area (Å²) in [6.45, 7) is 11.2. The summed E-state index contributed by atoms with van der Waals surface area (Å²) in [7, 11) is 1.92. The molecule has 0 spiro atoms. The van der Waals surface area contributed by atoms with Crippen LogP contribution in [0.15, 0.2) is 24.3 Å². The van der Waals surface area contributed by atoms with Crippen LogP contribution >= 0.6 is 0 Å². The van der Waals surface area contributed by atoms with Gasteiger partial charge in [-0.2, -0.15) is 0 Å². The Morgan fingerprint density at radius 1 is 1.26 bits per heavy atom. The van der Waals surface area contributed by atoms with Crippen LogP contribution < -0.4 is 5.32 Å². The van der Waals surface area contributed by atoms with Crippen molar-refractivity contribution in [2.75, 3.05) is 32.0 Å². The number of benzene rings is 1. The second kappa shape index (κ2) is 7.21. The number of carbonyl (C=O) groups is 1. The van der Waals surface area contributed by atoms with Crippen molar-refractivity contribution in [2.24, 2.45) is 0 Å². The summed E-state index contributed by atoms with van der Waals surface area (Å²) < 4.78 is 5.49. The van der Waals surface area contributed by atoms with Crippen molar-refractivity contribution in [1.82, 2.24) is 9.80 Å². The number of nitrogens with zero attached hydrogens (tertiary/aromatic N) is 2. The van der Waals surface area contributed by atoms with Crippen molar-refractivity contribution in [3.8, 4) is 0 Å². The first-order chi connectivity index (χ1) is 10.8. The van der Waals surface area contributed by atoms with Crippen LogP contribution in [0, 0.1) is 0 Å². The van der Waals surface area contributed by atoms with Crippen LogP contribution in [0.4, 0.5) is 10.5 Å². The summed E-state index contributed by atoms with van der Waals surface area (Å²) in [6, 6.07) is 8.65. The molecule has 1 N–H and O–H groups in total. The van der Waals surface area contributed by atoms with Crippen LogP contribution in [-0.4, -0.2) is 54.2 Å². The zero-order chi connectivity index (χ0) is 17.0. The third-order valence-corrected chi connectivity index (χ3v) is 3.99. The molecular weight excluding hydrogens is 290 g/mol. The van der Waals surface area contributed by atoms with E-state index in [1.165, 1.54) is 5.56 Å². The maximum absolute atomic E-state index is 12.2. The summed E-state index contributed by atoms with van der Waals surface area (Å²) in [4.78, 5) is 16.5. The van der Waals surface area contributed by atoms with E-state index < -0.39 is 5.60 Å². The van der Waals surface area contributed by atoms with Gasteiger partial charge in [0, 0.05) is 45.0 Å². The molecule has 0 unspecified atom stereocenters. The fraction of sp³-hybridized carbons (Fsp3) is 0.611. The largest absolute Gasteiger partial charge is 0.444 e. The Hall–Kier alpha value is -1.75. The van der Waals surface area contributed by atoms with Gasteiger partial charge in [-0.3, -0.25) is 4.90 Å². The molecule has 1 atom stereocenters. The lowest BCUT2D eigenvalue weighted by Crippen LogP contribution is -2.54. The monoisotopic (exact) mass is 319 g/mol. The number of hydrogen-bond donors (Lipinski definition) is 1. The molecule has 1 aromatic rings. The van der Waals surface area contributed by atoms with Crippen LogP contribution in [-0.2, 0) is 11.3 Å². The second-order valence-electron chi connectivity index (χ2n) is 7.20. The van der Waals surface area contributed by atoms with Crippen LogP contribution in [0.2, 0.25) is 0 Å². The second-order valence-corrected chi connectivity index (χ2v) is 7.20. The Kier molecular flexibility index (Phi) is 5.52. The first kappa shape index (κ1) is 17.6. The van der Waals surface area contributed by atoms with Gasteiger partial charge in [-0.05, 0) is 45.4 Å². The molecule has 1 heterocycles. The zero-order valence-electron chi connectivity index (χ0n) is 14.9. The van der Waals surface area contributed by atoms with Gasteiger partial charge in [-0.25, -0.2) is 4.79 Å². The van der Waals surface area contributed by atoms with Gasteiger partial charge in [-0.1, -0.05) is 12.1 Å². The van der Waals surface area contributed by atoms with E-state index in [1.54, 1.807) is 0 Å². The van der Waals surface area contributed by atoms with Gasteiger partial charge >= 0.3 is 6.09 Å². The SMILES string of the molecule is CNc1ccc(CN2CCN(C(=O)OC(C)(C)C)[C@H](C)C2)cc1. The minimum atomic E-state index is -0.441. The van der Waals surface area contributed by atoms with Crippen LogP contribution in [0.1, 0.15) is 33.3 Å². The van der Waals surface area contributed by atoms with Crippen molar-refractivity contribution in [3.05, 3.63) is 29.8 Å². The average Bonchev–Trinajstić information content (AvgIpc) is 2.46. The summed E-state index contributed by atoms with van der Waals surface area (Å²) in [6.07, 6.45) is -0.206. The van der Waals surface area contributed by atoms with Gasteiger partial charge in [0.15, 0.2) is 0 Å². The van der Waals surface area contributed by atoms with E-state index >= 15 is 0 Å². The molecule has 0 aliphatic carbocycles. The summed E-state index contributed by atoms with van der Waals surface area (Å²) >= 11 is 0.